The maximum Gasteiger partial charge on any atom is 0.203 e. The molecular weight excluding hydrogens is 242 g/mol. The summed E-state index contributed by atoms with van der Waals surface area (Å²) in [5.74, 6) is 1.02. The lowest BCUT2D eigenvalue weighted by molar-refractivity contribution is 0.563. The van der Waals surface area contributed by atoms with Gasteiger partial charge in [-0.2, -0.15) is 0 Å². The van der Waals surface area contributed by atoms with E-state index in [-0.39, 0.29) is 5.41 Å². The molecule has 0 unspecified atom stereocenters. The summed E-state index contributed by atoms with van der Waals surface area (Å²) in [6.45, 7) is 5.46. The van der Waals surface area contributed by atoms with E-state index in [1.165, 1.54) is 17.7 Å². The number of anilines is 1. The maximum atomic E-state index is 4.42. The molecule has 0 atom stereocenters. The summed E-state index contributed by atoms with van der Waals surface area (Å²) in [7, 11) is 0. The van der Waals surface area contributed by atoms with Crippen molar-refractivity contribution < 1.29 is 0 Å². The van der Waals surface area contributed by atoms with E-state index in [4.69, 9.17) is 0 Å². The minimum absolute atomic E-state index is 0.147. The molecule has 1 aliphatic carbocycles. The number of nitrogens with zero attached hydrogens (tertiary/aromatic N) is 2. The molecule has 4 heteroatoms. The van der Waals surface area contributed by atoms with Crippen LogP contribution in [0, 0.1) is 0 Å². The normalized spacial score (nSPS) is 15.9. The Labute approximate surface area is 112 Å². The fourth-order valence-electron chi connectivity index (χ4n) is 2.15. The highest BCUT2D eigenvalue weighted by Crippen LogP contribution is 2.37. The average molecular weight is 261 g/mol. The highest BCUT2D eigenvalue weighted by atomic mass is 32.1. The first-order valence-electron chi connectivity index (χ1n) is 6.47. The second-order valence-corrected chi connectivity index (χ2v) is 6.55. The molecule has 2 aromatic rings. The fourth-order valence-corrected chi connectivity index (χ4v) is 3.00. The molecule has 3 nitrogen and oxygen atoms in total. The minimum Gasteiger partial charge on any atom is -0.355 e. The Balaban J connectivity index is 1.68. The highest BCUT2D eigenvalue weighted by molar-refractivity contribution is 7.10. The number of thiophene rings is 1. The van der Waals surface area contributed by atoms with Crippen molar-refractivity contribution in [1.82, 2.24) is 9.55 Å². The molecule has 0 amide bonds. The first-order valence-corrected chi connectivity index (χ1v) is 7.35. The Hall–Kier alpha value is -1.29. The molecule has 1 aliphatic rings. The summed E-state index contributed by atoms with van der Waals surface area (Å²) in [6, 6.07) is 5.01. The smallest absolute Gasteiger partial charge is 0.203 e. The van der Waals surface area contributed by atoms with Crippen LogP contribution in [0.1, 0.15) is 37.6 Å². The lowest BCUT2D eigenvalue weighted by Gasteiger charge is -2.24. The third kappa shape index (κ3) is 2.29. The van der Waals surface area contributed by atoms with Gasteiger partial charge in [0.2, 0.25) is 5.95 Å². The van der Waals surface area contributed by atoms with Crippen LogP contribution >= 0.6 is 11.3 Å². The quantitative estimate of drug-likeness (QED) is 0.890. The van der Waals surface area contributed by atoms with Crippen molar-refractivity contribution >= 4 is 17.3 Å². The van der Waals surface area contributed by atoms with Crippen LogP contribution in [0.15, 0.2) is 29.9 Å². The van der Waals surface area contributed by atoms with Gasteiger partial charge >= 0.3 is 0 Å². The number of nitrogens with one attached hydrogen (secondary N) is 1. The van der Waals surface area contributed by atoms with E-state index in [2.05, 4.69) is 52.4 Å². The van der Waals surface area contributed by atoms with Gasteiger partial charge in [-0.05, 0) is 24.3 Å². The number of hydrogen-bond donors (Lipinski definition) is 1. The van der Waals surface area contributed by atoms with Gasteiger partial charge in [0.05, 0.1) is 0 Å². The van der Waals surface area contributed by atoms with Crippen molar-refractivity contribution in [2.75, 3.05) is 11.9 Å². The molecule has 0 saturated heterocycles. The van der Waals surface area contributed by atoms with Gasteiger partial charge in [0.15, 0.2) is 0 Å². The van der Waals surface area contributed by atoms with E-state index in [0.29, 0.717) is 6.04 Å². The Morgan fingerprint density at radius 2 is 2.33 bits per heavy atom. The van der Waals surface area contributed by atoms with Gasteiger partial charge in [-0.25, -0.2) is 4.98 Å². The first-order chi connectivity index (χ1) is 8.67. The minimum atomic E-state index is 0.147. The van der Waals surface area contributed by atoms with E-state index in [1.807, 2.05) is 17.5 Å². The number of hydrogen-bond acceptors (Lipinski definition) is 3. The molecule has 1 saturated carbocycles. The van der Waals surface area contributed by atoms with Crippen molar-refractivity contribution in [1.29, 1.82) is 0 Å². The zero-order chi connectivity index (χ0) is 12.6. The van der Waals surface area contributed by atoms with Crippen LogP contribution in [0.4, 0.5) is 5.95 Å². The fraction of sp³-hybridized carbons (Fsp3) is 0.500. The number of rotatable bonds is 5. The lowest BCUT2D eigenvalue weighted by Crippen LogP contribution is -2.27. The summed E-state index contributed by atoms with van der Waals surface area (Å²) < 4.78 is 2.27. The monoisotopic (exact) mass is 261 g/mol. The Morgan fingerprint density at radius 3 is 3.00 bits per heavy atom. The summed E-state index contributed by atoms with van der Waals surface area (Å²) in [5, 5.41) is 5.64. The Kier molecular flexibility index (Phi) is 2.90. The summed E-state index contributed by atoms with van der Waals surface area (Å²) >= 11 is 1.82. The second-order valence-electron chi connectivity index (χ2n) is 5.60. The molecule has 2 aromatic heterocycles. The molecule has 18 heavy (non-hydrogen) atoms. The molecule has 2 heterocycles. The van der Waals surface area contributed by atoms with E-state index < -0.39 is 0 Å². The van der Waals surface area contributed by atoms with E-state index in [9.17, 15) is 0 Å². The number of aromatic nitrogens is 2. The molecular formula is C14H19N3S. The third-order valence-electron chi connectivity index (χ3n) is 3.49. The van der Waals surface area contributed by atoms with E-state index in [1.54, 1.807) is 0 Å². The SMILES string of the molecule is CC(C)(CNc1nccn1C1CC1)c1cccs1. The van der Waals surface area contributed by atoms with Crippen LogP contribution in [0.25, 0.3) is 0 Å². The van der Waals surface area contributed by atoms with Gasteiger partial charge in [0.1, 0.15) is 0 Å². The molecule has 0 radical (unpaired) electrons. The second kappa shape index (κ2) is 4.43. The maximum absolute atomic E-state index is 4.42. The molecule has 0 bridgehead atoms. The highest BCUT2D eigenvalue weighted by Gasteiger charge is 2.27. The van der Waals surface area contributed by atoms with Crippen molar-refractivity contribution in [3.05, 3.63) is 34.8 Å². The van der Waals surface area contributed by atoms with Crippen LogP contribution in [-0.4, -0.2) is 16.1 Å². The molecule has 3 rings (SSSR count). The predicted molar refractivity (Wildman–Crippen MR) is 76.3 cm³/mol. The zero-order valence-corrected chi connectivity index (χ0v) is 11.7. The van der Waals surface area contributed by atoms with Crippen LogP contribution in [-0.2, 0) is 5.41 Å². The topological polar surface area (TPSA) is 29.9 Å². The molecule has 0 spiro atoms. The van der Waals surface area contributed by atoms with Crippen molar-refractivity contribution in [2.24, 2.45) is 0 Å². The molecule has 0 aromatic carbocycles. The standard InChI is InChI=1S/C14H19N3S/c1-14(2,12-4-3-9-18-12)10-16-13-15-7-8-17(13)11-5-6-11/h3-4,7-9,11H,5-6,10H2,1-2H3,(H,15,16). The van der Waals surface area contributed by atoms with Gasteiger partial charge in [-0.1, -0.05) is 19.9 Å². The summed E-state index contributed by atoms with van der Waals surface area (Å²) in [4.78, 5) is 5.83. The van der Waals surface area contributed by atoms with E-state index in [0.717, 1.165) is 12.5 Å². The van der Waals surface area contributed by atoms with Gasteiger partial charge < -0.3 is 9.88 Å². The molecule has 1 fully saturated rings. The van der Waals surface area contributed by atoms with E-state index >= 15 is 0 Å². The van der Waals surface area contributed by atoms with Crippen LogP contribution in [0.3, 0.4) is 0 Å². The van der Waals surface area contributed by atoms with Crippen molar-refractivity contribution in [2.45, 2.75) is 38.1 Å². The molecule has 0 aliphatic heterocycles. The first kappa shape index (κ1) is 11.8. The van der Waals surface area contributed by atoms with Crippen LogP contribution in [0.2, 0.25) is 0 Å². The van der Waals surface area contributed by atoms with Gasteiger partial charge in [0, 0.05) is 35.3 Å². The van der Waals surface area contributed by atoms with Gasteiger partial charge in [0.25, 0.3) is 0 Å². The van der Waals surface area contributed by atoms with Crippen LogP contribution < -0.4 is 5.32 Å². The van der Waals surface area contributed by atoms with Crippen molar-refractivity contribution in [3.63, 3.8) is 0 Å². The third-order valence-corrected chi connectivity index (χ3v) is 4.72. The molecule has 96 valence electrons. The number of imidazole rings is 1. The predicted octanol–water partition coefficient (Wildman–Crippen LogP) is 3.67. The summed E-state index contributed by atoms with van der Waals surface area (Å²) in [6.07, 6.45) is 6.55. The van der Waals surface area contributed by atoms with Crippen molar-refractivity contribution in [3.8, 4) is 0 Å². The largest absolute Gasteiger partial charge is 0.355 e. The Morgan fingerprint density at radius 1 is 1.50 bits per heavy atom. The van der Waals surface area contributed by atoms with Gasteiger partial charge in [-0.15, -0.1) is 11.3 Å². The Bertz CT molecular complexity index is 509. The van der Waals surface area contributed by atoms with Crippen LogP contribution in [0.5, 0.6) is 0 Å². The van der Waals surface area contributed by atoms with Gasteiger partial charge in [-0.3, -0.25) is 0 Å². The lowest BCUT2D eigenvalue weighted by atomic mass is 9.91. The zero-order valence-electron chi connectivity index (χ0n) is 10.9. The molecule has 1 N–H and O–H groups in total. The average Bonchev–Trinajstić information content (AvgIpc) is 2.88. The summed E-state index contributed by atoms with van der Waals surface area (Å²) in [5.41, 5.74) is 0.147.